The Morgan fingerprint density at radius 3 is 2.52 bits per heavy atom. The first-order valence-electron chi connectivity index (χ1n) is 7.07. The Labute approximate surface area is 122 Å². The van der Waals surface area contributed by atoms with Crippen LogP contribution < -0.4 is 5.32 Å². The van der Waals surface area contributed by atoms with E-state index in [0.29, 0.717) is 11.7 Å². The highest BCUT2D eigenvalue weighted by Crippen LogP contribution is 2.29. The zero-order valence-corrected chi connectivity index (χ0v) is 11.9. The Bertz CT molecular complexity index is 485. The summed E-state index contributed by atoms with van der Waals surface area (Å²) in [5.74, 6) is -0.191. The van der Waals surface area contributed by atoms with Crippen LogP contribution in [0.5, 0.6) is 0 Å². The number of amides is 1. The number of carbonyl (C=O) groups is 1. The Hall–Kier alpha value is -1.56. The molecule has 0 aliphatic carbocycles. The summed E-state index contributed by atoms with van der Waals surface area (Å²) < 4.78 is 37.3. The molecule has 1 aromatic carbocycles. The van der Waals surface area contributed by atoms with Crippen molar-refractivity contribution in [1.29, 1.82) is 0 Å². The minimum Gasteiger partial charge on any atom is -0.325 e. The molecule has 21 heavy (non-hydrogen) atoms. The van der Waals surface area contributed by atoms with Crippen molar-refractivity contribution in [2.24, 2.45) is 0 Å². The van der Waals surface area contributed by atoms with Crippen LogP contribution in [0.15, 0.2) is 24.3 Å². The minimum absolute atomic E-state index is 0.191. The van der Waals surface area contributed by atoms with Crippen LogP contribution in [0.1, 0.15) is 31.7 Å². The normalized spacial score (nSPS) is 20.3. The van der Waals surface area contributed by atoms with Crippen LogP contribution in [0.2, 0.25) is 0 Å². The number of benzene rings is 1. The number of halogens is 3. The number of likely N-dealkylation sites (tertiary alicyclic amines) is 1. The van der Waals surface area contributed by atoms with Crippen molar-refractivity contribution < 1.29 is 18.0 Å². The second kappa shape index (κ2) is 6.47. The zero-order valence-electron chi connectivity index (χ0n) is 11.9. The van der Waals surface area contributed by atoms with Gasteiger partial charge in [0, 0.05) is 11.7 Å². The molecule has 2 rings (SSSR count). The molecule has 0 radical (unpaired) electrons. The van der Waals surface area contributed by atoms with Gasteiger partial charge in [-0.25, -0.2) is 0 Å². The lowest BCUT2D eigenvalue weighted by atomic mass is 10.0. The third-order valence-corrected chi connectivity index (χ3v) is 3.78. The maximum absolute atomic E-state index is 12.4. The molecule has 1 aliphatic heterocycles. The highest BCUT2D eigenvalue weighted by molar-refractivity contribution is 5.92. The molecule has 6 heteroatoms. The summed E-state index contributed by atoms with van der Waals surface area (Å²) in [5.41, 5.74) is -0.331. The lowest BCUT2D eigenvalue weighted by molar-refractivity contribution is -0.137. The topological polar surface area (TPSA) is 32.3 Å². The van der Waals surface area contributed by atoms with Gasteiger partial charge in [-0.1, -0.05) is 6.42 Å². The van der Waals surface area contributed by atoms with Gasteiger partial charge in [0.2, 0.25) is 5.91 Å². The van der Waals surface area contributed by atoms with Gasteiger partial charge in [-0.3, -0.25) is 9.69 Å². The average Bonchev–Trinajstić information content (AvgIpc) is 2.41. The molecule has 0 spiro atoms. The second-order valence-electron chi connectivity index (χ2n) is 5.44. The number of hydrogen-bond acceptors (Lipinski definition) is 2. The van der Waals surface area contributed by atoms with Crippen molar-refractivity contribution in [3.05, 3.63) is 29.8 Å². The lowest BCUT2D eigenvalue weighted by Gasteiger charge is -2.32. The molecule has 0 unspecified atom stereocenters. The molecule has 116 valence electrons. The van der Waals surface area contributed by atoms with Crippen LogP contribution in [0.3, 0.4) is 0 Å². The van der Waals surface area contributed by atoms with E-state index in [1.807, 2.05) is 0 Å². The molecular formula is C15H19F3N2O. The van der Waals surface area contributed by atoms with Gasteiger partial charge in [0.25, 0.3) is 0 Å². The average molecular weight is 300 g/mol. The van der Waals surface area contributed by atoms with Crippen molar-refractivity contribution in [2.45, 2.75) is 38.4 Å². The van der Waals surface area contributed by atoms with Crippen LogP contribution in [0, 0.1) is 0 Å². The zero-order chi connectivity index (χ0) is 15.5. The Kier molecular flexibility index (Phi) is 4.88. The van der Waals surface area contributed by atoms with Crippen molar-refractivity contribution >= 4 is 11.6 Å². The molecule has 1 saturated heterocycles. The van der Waals surface area contributed by atoms with Gasteiger partial charge in [-0.2, -0.15) is 13.2 Å². The maximum atomic E-state index is 12.4. The molecule has 1 aromatic rings. The lowest BCUT2D eigenvalue weighted by Crippen LogP contribution is -2.42. The smallest absolute Gasteiger partial charge is 0.325 e. The van der Waals surface area contributed by atoms with Crippen LogP contribution in [0.4, 0.5) is 18.9 Å². The number of rotatable bonds is 3. The summed E-state index contributed by atoms with van der Waals surface area (Å²) in [6.07, 6.45) is -1.02. The van der Waals surface area contributed by atoms with Crippen molar-refractivity contribution in [2.75, 3.05) is 18.4 Å². The van der Waals surface area contributed by atoms with Gasteiger partial charge in [0.05, 0.1) is 12.1 Å². The number of alkyl halides is 3. The SMILES string of the molecule is C[C@@H]1CCCCN1CC(=O)Nc1ccc(C(F)(F)F)cc1. The number of piperidine rings is 1. The standard InChI is InChI=1S/C15H19F3N2O/c1-11-4-2-3-9-20(11)10-14(21)19-13-7-5-12(6-8-13)15(16,17)18/h5-8,11H,2-4,9-10H2,1H3,(H,19,21)/t11-/m1/s1. The van der Waals surface area contributed by atoms with E-state index < -0.39 is 11.7 Å². The van der Waals surface area contributed by atoms with E-state index in [0.717, 1.165) is 31.5 Å². The molecular weight excluding hydrogens is 281 g/mol. The van der Waals surface area contributed by atoms with Crippen LogP contribution in [-0.2, 0) is 11.0 Å². The van der Waals surface area contributed by atoms with E-state index in [9.17, 15) is 18.0 Å². The molecule has 0 saturated carbocycles. The molecule has 1 heterocycles. The molecule has 1 aliphatic rings. The van der Waals surface area contributed by atoms with Crippen LogP contribution in [-0.4, -0.2) is 29.9 Å². The molecule has 0 bridgehead atoms. The Balaban J connectivity index is 1.90. The molecule has 1 N–H and O–H groups in total. The molecule has 1 fully saturated rings. The van der Waals surface area contributed by atoms with Crippen LogP contribution in [0.25, 0.3) is 0 Å². The predicted molar refractivity (Wildman–Crippen MR) is 75.0 cm³/mol. The van der Waals surface area contributed by atoms with Crippen molar-refractivity contribution in [1.82, 2.24) is 4.90 Å². The fourth-order valence-corrected chi connectivity index (χ4v) is 2.52. The van der Waals surface area contributed by atoms with E-state index >= 15 is 0 Å². The summed E-state index contributed by atoms with van der Waals surface area (Å²) in [4.78, 5) is 14.0. The van der Waals surface area contributed by atoms with E-state index in [4.69, 9.17) is 0 Å². The van der Waals surface area contributed by atoms with Gasteiger partial charge in [-0.05, 0) is 50.6 Å². The number of anilines is 1. The second-order valence-corrected chi connectivity index (χ2v) is 5.44. The van der Waals surface area contributed by atoms with Gasteiger partial charge < -0.3 is 5.32 Å². The van der Waals surface area contributed by atoms with E-state index in [1.165, 1.54) is 18.6 Å². The summed E-state index contributed by atoms with van der Waals surface area (Å²) in [7, 11) is 0. The number of hydrogen-bond donors (Lipinski definition) is 1. The van der Waals surface area contributed by atoms with E-state index in [-0.39, 0.29) is 12.5 Å². The first kappa shape index (κ1) is 15.8. The van der Waals surface area contributed by atoms with Gasteiger partial charge in [0.15, 0.2) is 0 Å². The largest absolute Gasteiger partial charge is 0.416 e. The number of carbonyl (C=O) groups excluding carboxylic acids is 1. The van der Waals surface area contributed by atoms with Gasteiger partial charge >= 0.3 is 6.18 Å². The highest BCUT2D eigenvalue weighted by atomic mass is 19.4. The fraction of sp³-hybridized carbons (Fsp3) is 0.533. The molecule has 3 nitrogen and oxygen atoms in total. The first-order chi connectivity index (χ1) is 9.86. The molecule has 1 amide bonds. The van der Waals surface area contributed by atoms with Gasteiger partial charge in [0.1, 0.15) is 0 Å². The quantitative estimate of drug-likeness (QED) is 0.926. The molecule has 0 aromatic heterocycles. The summed E-state index contributed by atoms with van der Waals surface area (Å²) in [5, 5.41) is 2.64. The maximum Gasteiger partial charge on any atom is 0.416 e. The van der Waals surface area contributed by atoms with E-state index in [1.54, 1.807) is 0 Å². The molecule has 1 atom stereocenters. The highest BCUT2D eigenvalue weighted by Gasteiger charge is 2.30. The fourth-order valence-electron chi connectivity index (χ4n) is 2.52. The Morgan fingerprint density at radius 1 is 1.29 bits per heavy atom. The number of nitrogens with zero attached hydrogens (tertiary/aromatic N) is 1. The van der Waals surface area contributed by atoms with Gasteiger partial charge in [-0.15, -0.1) is 0 Å². The summed E-state index contributed by atoms with van der Waals surface area (Å²) in [6, 6.07) is 4.87. The summed E-state index contributed by atoms with van der Waals surface area (Å²) >= 11 is 0. The minimum atomic E-state index is -4.36. The monoisotopic (exact) mass is 300 g/mol. The Morgan fingerprint density at radius 2 is 1.95 bits per heavy atom. The third-order valence-electron chi connectivity index (χ3n) is 3.78. The van der Waals surface area contributed by atoms with E-state index in [2.05, 4.69) is 17.1 Å². The predicted octanol–water partition coefficient (Wildman–Crippen LogP) is 3.52. The van der Waals surface area contributed by atoms with Crippen LogP contribution >= 0.6 is 0 Å². The number of nitrogens with one attached hydrogen (secondary N) is 1. The van der Waals surface area contributed by atoms with Crippen molar-refractivity contribution in [3.63, 3.8) is 0 Å². The third kappa shape index (κ3) is 4.46. The van der Waals surface area contributed by atoms with Crippen molar-refractivity contribution in [3.8, 4) is 0 Å². The first-order valence-corrected chi connectivity index (χ1v) is 7.07. The summed E-state index contributed by atoms with van der Waals surface area (Å²) in [6.45, 7) is 3.26.